The molecule has 0 atom stereocenters. The second-order valence-electron chi connectivity index (χ2n) is 31.8. The molecule has 1 aromatic heterocycles. The highest BCUT2D eigenvalue weighted by molar-refractivity contribution is 6.28. The number of furan rings is 1. The van der Waals surface area contributed by atoms with Gasteiger partial charge < -0.3 is 4.42 Å². The minimum absolute atomic E-state index is 0.917. The molecular formula is C120H76O. The quantitative estimate of drug-likeness (QED) is 0.138. The Hall–Kier alpha value is -15.8. The Morgan fingerprint density at radius 1 is 0.107 bits per heavy atom. The molecule has 1 heterocycles. The summed E-state index contributed by atoms with van der Waals surface area (Å²) in [4.78, 5) is 0. The summed E-state index contributed by atoms with van der Waals surface area (Å²) in [5.74, 6) is 0. The lowest BCUT2D eigenvalue weighted by Gasteiger charge is -2.19. The first-order valence-corrected chi connectivity index (χ1v) is 41.8. The summed E-state index contributed by atoms with van der Waals surface area (Å²) in [5.41, 5.74) is 22.1. The summed E-state index contributed by atoms with van der Waals surface area (Å²) in [5, 5.41) is 32.8. The van der Waals surface area contributed by atoms with E-state index in [-0.39, 0.29) is 0 Å². The normalized spacial score (nSPS) is 11.6. The smallest absolute Gasteiger partial charge is 0.136 e. The summed E-state index contributed by atoms with van der Waals surface area (Å²) in [6, 6.07) is 168. The molecule has 1 heteroatoms. The molecular weight excluding hydrogens is 1460 g/mol. The van der Waals surface area contributed by atoms with Crippen LogP contribution < -0.4 is 0 Å². The molecule has 0 spiro atoms. The molecule has 0 N–H and O–H groups in total. The van der Waals surface area contributed by atoms with Crippen LogP contribution in [0.3, 0.4) is 0 Å². The predicted molar refractivity (Wildman–Crippen MR) is 520 cm³/mol. The zero-order valence-electron chi connectivity index (χ0n) is 66.3. The van der Waals surface area contributed by atoms with Crippen molar-refractivity contribution in [2.45, 2.75) is 0 Å². The third-order valence-electron chi connectivity index (χ3n) is 25.1. The third kappa shape index (κ3) is 12.2. The number of benzene rings is 24. The van der Waals surface area contributed by atoms with Crippen LogP contribution in [0.4, 0.5) is 0 Å². The van der Waals surface area contributed by atoms with Gasteiger partial charge in [0, 0.05) is 10.8 Å². The van der Waals surface area contributed by atoms with Gasteiger partial charge >= 0.3 is 0 Å². The van der Waals surface area contributed by atoms with Gasteiger partial charge in [-0.05, 0) is 243 Å². The number of rotatable bonds is 8. The van der Waals surface area contributed by atoms with Gasteiger partial charge in [0.1, 0.15) is 11.2 Å². The highest BCUT2D eigenvalue weighted by atomic mass is 16.3. The van der Waals surface area contributed by atoms with Crippen molar-refractivity contribution in [2.24, 2.45) is 0 Å². The SMILES string of the molecule is c1ccc2c(-c3c4ccccc4c(-c4cccc5ccccc45)c4ccccc34)cccc2c1.c1ccc2c(-c3ccc(-c4c5ccccc5c(-c5cccc6ccccc56)c5ccccc45)cc3)cccc2c1.c1ccc2cc3c(cc2c1)oc1ccc(-c2ccc(-c4c5ccccc5c(-c5cccc6ccccc56)c5ccccc45)cc2)cc13. The first kappa shape index (κ1) is 70.6. The second-order valence-corrected chi connectivity index (χ2v) is 31.8. The molecule has 562 valence electrons. The van der Waals surface area contributed by atoms with Crippen molar-refractivity contribution in [3.8, 4) is 89.0 Å². The monoisotopic (exact) mass is 1530 g/mol. The lowest BCUT2D eigenvalue weighted by molar-refractivity contribution is 0.669. The Balaban J connectivity index is 0.000000107. The van der Waals surface area contributed by atoms with Crippen LogP contribution in [0.1, 0.15) is 0 Å². The van der Waals surface area contributed by atoms with Crippen molar-refractivity contribution in [1.29, 1.82) is 0 Å². The maximum absolute atomic E-state index is 6.28. The maximum atomic E-state index is 6.28. The fraction of sp³-hybridized carbons (Fsp3) is 0. The zero-order valence-corrected chi connectivity index (χ0v) is 66.3. The molecule has 24 aromatic carbocycles. The van der Waals surface area contributed by atoms with Crippen LogP contribution in [0.25, 0.3) is 240 Å². The van der Waals surface area contributed by atoms with E-state index in [4.69, 9.17) is 4.42 Å². The van der Waals surface area contributed by atoms with E-state index >= 15 is 0 Å². The molecule has 0 saturated heterocycles. The highest BCUT2D eigenvalue weighted by Gasteiger charge is 2.24. The lowest BCUT2D eigenvalue weighted by Crippen LogP contribution is -1.92. The maximum Gasteiger partial charge on any atom is 0.136 e. The van der Waals surface area contributed by atoms with E-state index < -0.39 is 0 Å². The summed E-state index contributed by atoms with van der Waals surface area (Å²) in [6.45, 7) is 0. The Labute approximate surface area is 700 Å². The van der Waals surface area contributed by atoms with E-state index in [9.17, 15) is 0 Å². The van der Waals surface area contributed by atoms with Crippen molar-refractivity contribution < 1.29 is 4.42 Å². The first-order valence-electron chi connectivity index (χ1n) is 41.8. The molecule has 0 aliphatic carbocycles. The van der Waals surface area contributed by atoms with Gasteiger partial charge in [0.05, 0.1) is 0 Å². The van der Waals surface area contributed by atoms with E-state index in [1.165, 1.54) is 218 Å². The van der Waals surface area contributed by atoms with Crippen molar-refractivity contribution in [3.05, 3.63) is 461 Å². The third-order valence-corrected chi connectivity index (χ3v) is 25.1. The van der Waals surface area contributed by atoms with Crippen LogP contribution in [-0.4, -0.2) is 0 Å². The molecule has 0 radical (unpaired) electrons. The topological polar surface area (TPSA) is 13.1 Å². The lowest BCUT2D eigenvalue weighted by atomic mass is 9.84. The van der Waals surface area contributed by atoms with Gasteiger partial charge in [-0.2, -0.15) is 0 Å². The van der Waals surface area contributed by atoms with Crippen molar-refractivity contribution in [1.82, 2.24) is 0 Å². The van der Waals surface area contributed by atoms with Crippen LogP contribution >= 0.6 is 0 Å². The molecule has 121 heavy (non-hydrogen) atoms. The van der Waals surface area contributed by atoms with Crippen molar-refractivity contribution in [3.63, 3.8) is 0 Å². The Morgan fingerprint density at radius 2 is 0.322 bits per heavy atom. The summed E-state index contributed by atoms with van der Waals surface area (Å²) < 4.78 is 6.28. The molecule has 0 amide bonds. The molecule has 25 aromatic rings. The largest absolute Gasteiger partial charge is 0.456 e. The molecule has 0 saturated carbocycles. The molecule has 0 aliphatic heterocycles. The summed E-state index contributed by atoms with van der Waals surface area (Å²) in [7, 11) is 0. The van der Waals surface area contributed by atoms with E-state index in [0.717, 1.165) is 21.9 Å². The van der Waals surface area contributed by atoms with Crippen LogP contribution in [0, 0.1) is 0 Å². The fourth-order valence-electron chi connectivity index (χ4n) is 19.7. The summed E-state index contributed by atoms with van der Waals surface area (Å²) >= 11 is 0. The Bertz CT molecular complexity index is 8120. The predicted octanol–water partition coefficient (Wildman–Crippen LogP) is 34.1. The van der Waals surface area contributed by atoms with Gasteiger partial charge in [-0.25, -0.2) is 0 Å². The number of fused-ring (bicyclic) bond motifs is 15. The van der Waals surface area contributed by atoms with Gasteiger partial charge in [-0.15, -0.1) is 0 Å². The average molecular weight is 1530 g/mol. The standard InChI is InChI=1S/C46H28O.C40H26.C34H22/c1-2-12-33-28-44-42(26-32(33)11-1)41-27-34(24-25-43(41)47-44)29-20-22-31(23-21-29)45-37-15-5-7-17-39(37)46(40-18-8-6-16-38(40)45)36-19-9-13-30-10-3-4-14-35(30)36;1-3-15-31-27(11-1)13-9-21-32(31)29-23-25-30(26-24-29)39-35-17-5-7-19-37(35)40(38-20-8-6-18-36(38)39)34-22-10-14-28-12-2-4-16-33(28)34;1-3-15-25-23(11-1)13-9-21-27(25)33-29-17-5-7-19-31(29)34(32-20-8-6-18-30(32)33)28-22-10-14-24-12-2-4-16-26(24)28/h1-28H;1-26H;1-22H. The zero-order chi connectivity index (χ0) is 79.9. The van der Waals surface area contributed by atoms with E-state index in [0.29, 0.717) is 0 Å². The second kappa shape index (κ2) is 29.7. The molecule has 25 rings (SSSR count). The van der Waals surface area contributed by atoms with Crippen LogP contribution in [0.15, 0.2) is 465 Å². The van der Waals surface area contributed by atoms with Gasteiger partial charge in [-0.3, -0.25) is 0 Å². The van der Waals surface area contributed by atoms with E-state index in [1.54, 1.807) is 0 Å². The van der Waals surface area contributed by atoms with Crippen LogP contribution in [0.5, 0.6) is 0 Å². The Morgan fingerprint density at radius 3 is 0.636 bits per heavy atom. The van der Waals surface area contributed by atoms with E-state index in [1.807, 2.05) is 0 Å². The Kier molecular flexibility index (Phi) is 17.3. The van der Waals surface area contributed by atoms with Gasteiger partial charge in [-0.1, -0.05) is 437 Å². The fourth-order valence-corrected chi connectivity index (χ4v) is 19.7. The highest BCUT2D eigenvalue weighted by Crippen LogP contribution is 2.51. The van der Waals surface area contributed by atoms with Crippen LogP contribution in [-0.2, 0) is 0 Å². The van der Waals surface area contributed by atoms with Gasteiger partial charge in [0.15, 0.2) is 0 Å². The number of hydrogen-bond acceptors (Lipinski definition) is 1. The molecule has 0 bridgehead atoms. The van der Waals surface area contributed by atoms with Gasteiger partial charge in [0.2, 0.25) is 0 Å². The first-order chi connectivity index (χ1) is 60.1. The minimum atomic E-state index is 0.917. The average Bonchev–Trinajstić information content (AvgIpc) is 1.49. The molecule has 1 nitrogen and oxygen atoms in total. The minimum Gasteiger partial charge on any atom is -0.456 e. The molecule has 0 aliphatic rings. The van der Waals surface area contributed by atoms with Gasteiger partial charge in [0.25, 0.3) is 0 Å². The van der Waals surface area contributed by atoms with Crippen molar-refractivity contribution in [2.75, 3.05) is 0 Å². The van der Waals surface area contributed by atoms with Crippen LogP contribution in [0.2, 0.25) is 0 Å². The summed E-state index contributed by atoms with van der Waals surface area (Å²) in [6.07, 6.45) is 0. The number of hydrogen-bond donors (Lipinski definition) is 0. The molecule has 0 unspecified atom stereocenters. The molecule has 0 fully saturated rings. The van der Waals surface area contributed by atoms with E-state index in [2.05, 4.69) is 461 Å². The van der Waals surface area contributed by atoms with Crippen molar-refractivity contribution >= 4 is 151 Å².